The van der Waals surface area contributed by atoms with Crippen LogP contribution in [0.1, 0.15) is 43.7 Å². The van der Waals surface area contributed by atoms with Crippen LogP contribution in [0.3, 0.4) is 0 Å². The highest BCUT2D eigenvalue weighted by atomic mass is 35.5. The van der Waals surface area contributed by atoms with Gasteiger partial charge in [-0.3, -0.25) is 0 Å². The van der Waals surface area contributed by atoms with Crippen molar-refractivity contribution in [3.8, 4) is 0 Å². The zero-order chi connectivity index (χ0) is 12.4. The number of benzene rings is 1. The smallest absolute Gasteiger partial charge is 0.0723 e. The summed E-state index contributed by atoms with van der Waals surface area (Å²) in [6, 6.07) is 10.1. The zero-order valence-electron chi connectivity index (χ0n) is 11.6. The second-order valence-electron chi connectivity index (χ2n) is 5.66. The molecule has 2 fully saturated rings. The molecule has 2 aliphatic rings. The van der Waals surface area contributed by atoms with Gasteiger partial charge in [-0.2, -0.15) is 0 Å². The van der Waals surface area contributed by atoms with Crippen molar-refractivity contribution in [3.63, 3.8) is 0 Å². The van der Waals surface area contributed by atoms with E-state index in [2.05, 4.69) is 36.5 Å². The van der Waals surface area contributed by atoms with Crippen molar-refractivity contribution in [2.24, 2.45) is 0 Å². The van der Waals surface area contributed by atoms with E-state index in [9.17, 15) is 0 Å². The van der Waals surface area contributed by atoms with E-state index in [-0.39, 0.29) is 12.4 Å². The summed E-state index contributed by atoms with van der Waals surface area (Å²) in [5, 5.41) is 3.66. The third kappa shape index (κ3) is 3.50. The molecule has 2 unspecified atom stereocenters. The molecule has 0 aliphatic carbocycles. The van der Waals surface area contributed by atoms with Gasteiger partial charge in [-0.1, -0.05) is 31.2 Å². The van der Waals surface area contributed by atoms with E-state index in [0.29, 0.717) is 6.10 Å². The van der Waals surface area contributed by atoms with Crippen molar-refractivity contribution in [1.82, 2.24) is 5.32 Å². The van der Waals surface area contributed by atoms with E-state index >= 15 is 0 Å². The first-order valence-electron chi connectivity index (χ1n) is 7.29. The lowest BCUT2D eigenvalue weighted by Gasteiger charge is -2.29. The first-order valence-corrected chi connectivity index (χ1v) is 7.29. The van der Waals surface area contributed by atoms with Crippen LogP contribution >= 0.6 is 12.4 Å². The van der Waals surface area contributed by atoms with Gasteiger partial charge in [-0.15, -0.1) is 12.4 Å². The number of piperidine rings is 1. The molecule has 2 aliphatic heterocycles. The highest BCUT2D eigenvalue weighted by molar-refractivity contribution is 5.85. The summed E-state index contributed by atoms with van der Waals surface area (Å²) in [4.78, 5) is 0. The van der Waals surface area contributed by atoms with E-state index in [1.54, 1.807) is 0 Å². The predicted octanol–water partition coefficient (Wildman–Crippen LogP) is 3.47. The van der Waals surface area contributed by atoms with Gasteiger partial charge in [0.1, 0.15) is 0 Å². The number of halogens is 1. The first-order chi connectivity index (χ1) is 8.85. The van der Waals surface area contributed by atoms with Gasteiger partial charge in [0, 0.05) is 12.1 Å². The highest BCUT2D eigenvalue weighted by Crippen LogP contribution is 2.29. The summed E-state index contributed by atoms with van der Waals surface area (Å²) in [6.07, 6.45) is 6.65. The van der Waals surface area contributed by atoms with Gasteiger partial charge in [0.25, 0.3) is 0 Å². The van der Waals surface area contributed by atoms with Crippen molar-refractivity contribution in [2.45, 2.75) is 63.8 Å². The van der Waals surface area contributed by atoms with Crippen LogP contribution in [0.15, 0.2) is 24.3 Å². The Morgan fingerprint density at radius 3 is 2.37 bits per heavy atom. The van der Waals surface area contributed by atoms with Crippen LogP contribution in [0.25, 0.3) is 0 Å². The maximum atomic E-state index is 6.15. The normalized spacial score (nSPS) is 29.0. The maximum Gasteiger partial charge on any atom is 0.0723 e. The monoisotopic (exact) mass is 281 g/mol. The van der Waals surface area contributed by atoms with Crippen LogP contribution in [0.4, 0.5) is 0 Å². The SMILES string of the molecule is CCc1ccccc1COC1CC2CCC(C1)N2.Cl. The summed E-state index contributed by atoms with van der Waals surface area (Å²) in [7, 11) is 0. The van der Waals surface area contributed by atoms with E-state index in [0.717, 1.165) is 25.1 Å². The molecule has 19 heavy (non-hydrogen) atoms. The predicted molar refractivity (Wildman–Crippen MR) is 80.8 cm³/mol. The second-order valence-corrected chi connectivity index (χ2v) is 5.66. The number of fused-ring (bicyclic) bond motifs is 2. The minimum atomic E-state index is 0. The van der Waals surface area contributed by atoms with Gasteiger partial charge in [0.15, 0.2) is 0 Å². The van der Waals surface area contributed by atoms with E-state index in [4.69, 9.17) is 4.74 Å². The Kier molecular flexibility index (Phi) is 5.26. The van der Waals surface area contributed by atoms with Crippen LogP contribution < -0.4 is 5.32 Å². The Bertz CT molecular complexity index is 397. The molecule has 0 radical (unpaired) electrons. The number of aryl methyl sites for hydroxylation is 1. The fraction of sp³-hybridized carbons (Fsp3) is 0.625. The summed E-state index contributed by atoms with van der Waals surface area (Å²) < 4.78 is 6.15. The number of rotatable bonds is 4. The molecule has 0 spiro atoms. The molecular weight excluding hydrogens is 258 g/mol. The van der Waals surface area contributed by atoms with Gasteiger partial charge in [0.2, 0.25) is 0 Å². The minimum absolute atomic E-state index is 0. The van der Waals surface area contributed by atoms with Crippen LogP contribution in [-0.2, 0) is 17.8 Å². The van der Waals surface area contributed by atoms with Gasteiger partial charge >= 0.3 is 0 Å². The molecule has 1 aromatic carbocycles. The Balaban J connectivity index is 0.00000133. The Morgan fingerprint density at radius 2 is 1.74 bits per heavy atom. The Morgan fingerprint density at radius 1 is 1.11 bits per heavy atom. The lowest BCUT2D eigenvalue weighted by molar-refractivity contribution is 0.00889. The highest BCUT2D eigenvalue weighted by Gasteiger charge is 2.33. The fourth-order valence-corrected chi connectivity index (χ4v) is 3.39. The van der Waals surface area contributed by atoms with E-state index < -0.39 is 0 Å². The van der Waals surface area contributed by atoms with Gasteiger partial charge in [-0.25, -0.2) is 0 Å². The third-order valence-electron chi connectivity index (χ3n) is 4.40. The molecule has 1 aromatic rings. The Hall–Kier alpha value is -0.570. The van der Waals surface area contributed by atoms with Crippen molar-refractivity contribution in [2.75, 3.05) is 0 Å². The average molecular weight is 282 g/mol. The number of nitrogens with one attached hydrogen (secondary N) is 1. The summed E-state index contributed by atoms with van der Waals surface area (Å²) in [6.45, 7) is 3.00. The molecule has 0 aromatic heterocycles. The van der Waals surface area contributed by atoms with Crippen LogP contribution in [-0.4, -0.2) is 18.2 Å². The number of ether oxygens (including phenoxy) is 1. The van der Waals surface area contributed by atoms with Gasteiger partial charge in [0.05, 0.1) is 12.7 Å². The summed E-state index contributed by atoms with van der Waals surface area (Å²) >= 11 is 0. The zero-order valence-corrected chi connectivity index (χ0v) is 12.4. The molecule has 0 amide bonds. The van der Waals surface area contributed by atoms with E-state index in [1.165, 1.54) is 36.8 Å². The first kappa shape index (κ1) is 14.8. The van der Waals surface area contributed by atoms with Crippen molar-refractivity contribution in [3.05, 3.63) is 35.4 Å². The molecule has 3 rings (SSSR count). The third-order valence-corrected chi connectivity index (χ3v) is 4.40. The molecule has 2 bridgehead atoms. The summed E-state index contributed by atoms with van der Waals surface area (Å²) in [5.74, 6) is 0. The molecular formula is C16H24ClNO. The Labute approximate surface area is 122 Å². The van der Waals surface area contributed by atoms with Crippen molar-refractivity contribution >= 4 is 12.4 Å². The topological polar surface area (TPSA) is 21.3 Å². The lowest BCUT2D eigenvalue weighted by Crippen LogP contribution is -2.41. The number of hydrogen-bond donors (Lipinski definition) is 1. The quantitative estimate of drug-likeness (QED) is 0.912. The summed E-state index contributed by atoms with van der Waals surface area (Å²) in [5.41, 5.74) is 2.79. The average Bonchev–Trinajstić information content (AvgIpc) is 2.76. The lowest BCUT2D eigenvalue weighted by atomic mass is 10.0. The fourth-order valence-electron chi connectivity index (χ4n) is 3.39. The standard InChI is InChI=1S/C16H23NO.ClH/c1-2-12-5-3-4-6-13(12)11-18-16-9-14-7-8-15(10-16)17-14;/h3-6,14-17H,2,7-11H2,1H3;1H. The molecule has 1 N–H and O–H groups in total. The van der Waals surface area contributed by atoms with E-state index in [1.807, 2.05) is 0 Å². The van der Waals surface area contributed by atoms with Crippen molar-refractivity contribution < 1.29 is 4.74 Å². The van der Waals surface area contributed by atoms with Crippen LogP contribution in [0.5, 0.6) is 0 Å². The molecule has 2 nitrogen and oxygen atoms in total. The van der Waals surface area contributed by atoms with Crippen LogP contribution in [0, 0.1) is 0 Å². The molecule has 0 saturated carbocycles. The molecule has 2 atom stereocenters. The largest absolute Gasteiger partial charge is 0.373 e. The maximum absolute atomic E-state index is 6.15. The second kappa shape index (κ2) is 6.74. The molecule has 106 valence electrons. The van der Waals surface area contributed by atoms with Gasteiger partial charge < -0.3 is 10.1 Å². The number of hydrogen-bond acceptors (Lipinski definition) is 2. The van der Waals surface area contributed by atoms with Gasteiger partial charge in [-0.05, 0) is 43.2 Å². The van der Waals surface area contributed by atoms with Crippen molar-refractivity contribution in [1.29, 1.82) is 0 Å². The molecule has 3 heteroatoms. The minimum Gasteiger partial charge on any atom is -0.373 e. The van der Waals surface area contributed by atoms with Crippen LogP contribution in [0.2, 0.25) is 0 Å². The molecule has 2 saturated heterocycles. The molecule has 2 heterocycles.